The quantitative estimate of drug-likeness (QED) is 0.479. The fourth-order valence-electron chi connectivity index (χ4n) is 2.47. The van der Waals surface area contributed by atoms with Crippen molar-refractivity contribution in [1.29, 1.82) is 0 Å². The van der Waals surface area contributed by atoms with Crippen molar-refractivity contribution < 1.29 is 14.6 Å². The van der Waals surface area contributed by atoms with Crippen LogP contribution in [0, 0.1) is 17.0 Å². The predicted octanol–water partition coefficient (Wildman–Crippen LogP) is 3.17. The molecule has 7 nitrogen and oxygen atoms in total. The Morgan fingerprint density at radius 1 is 1.36 bits per heavy atom. The number of nitro groups is 1. The van der Waals surface area contributed by atoms with Gasteiger partial charge >= 0.3 is 0 Å². The summed E-state index contributed by atoms with van der Waals surface area (Å²) in [6.45, 7) is 7.52. The van der Waals surface area contributed by atoms with Gasteiger partial charge in [-0.2, -0.15) is 11.8 Å². The van der Waals surface area contributed by atoms with Crippen LogP contribution in [-0.4, -0.2) is 27.1 Å². The summed E-state index contributed by atoms with van der Waals surface area (Å²) < 4.78 is 6.79. The van der Waals surface area contributed by atoms with E-state index in [2.05, 4.69) is 0 Å². The molecule has 0 amide bonds. The molecule has 0 aliphatic carbocycles. The highest BCUT2D eigenvalue weighted by atomic mass is 32.2. The third-order valence-electron chi connectivity index (χ3n) is 3.61. The van der Waals surface area contributed by atoms with E-state index in [9.17, 15) is 14.9 Å². The number of nitrogens with zero attached hydrogens (tertiary/aromatic N) is 2. The third kappa shape index (κ3) is 4.13. The van der Waals surface area contributed by atoms with Gasteiger partial charge in [0.05, 0.1) is 17.1 Å². The highest BCUT2D eigenvalue weighted by molar-refractivity contribution is 7.98. The Morgan fingerprint density at radius 3 is 2.60 bits per heavy atom. The number of aliphatic hydroxyl groups excluding tert-OH is 1. The lowest BCUT2D eigenvalue weighted by Gasteiger charge is -2.15. The molecule has 0 bridgehead atoms. The molecule has 25 heavy (non-hydrogen) atoms. The van der Waals surface area contributed by atoms with Crippen LogP contribution in [0.15, 0.2) is 27.5 Å². The van der Waals surface area contributed by atoms with Gasteiger partial charge in [-0.15, -0.1) is 4.74 Å². The first-order chi connectivity index (χ1) is 11.7. The van der Waals surface area contributed by atoms with Crippen molar-refractivity contribution in [3.63, 3.8) is 0 Å². The lowest BCUT2D eigenvalue weighted by molar-refractivity contribution is -0.384. The fraction of sp³-hybridized carbons (Fsp3) is 0.471. The second-order valence-electron chi connectivity index (χ2n) is 6.77. The van der Waals surface area contributed by atoms with Crippen LogP contribution in [0.25, 0.3) is 5.69 Å². The topological polar surface area (TPSA) is 98.5 Å². The first-order valence-electron chi connectivity index (χ1n) is 7.86. The number of aromatic nitrogens is 1. The van der Waals surface area contributed by atoms with Gasteiger partial charge in [-0.05, 0) is 18.6 Å². The summed E-state index contributed by atoms with van der Waals surface area (Å²) in [5.74, 6) is 1.37. The zero-order chi connectivity index (χ0) is 18.8. The second kappa shape index (κ2) is 7.45. The zero-order valence-electron chi connectivity index (χ0n) is 14.7. The van der Waals surface area contributed by atoms with Crippen LogP contribution in [0.2, 0.25) is 0 Å². The fourth-order valence-corrected chi connectivity index (χ4v) is 3.21. The molecule has 2 aromatic rings. The number of hydrogen-bond acceptors (Lipinski definition) is 6. The minimum absolute atomic E-state index is 0.0188. The summed E-state index contributed by atoms with van der Waals surface area (Å²) in [4.78, 5) is 23.7. The van der Waals surface area contributed by atoms with Gasteiger partial charge in [-0.25, -0.2) is 0 Å². The van der Waals surface area contributed by atoms with Crippen LogP contribution < -0.4 is 5.56 Å². The summed E-state index contributed by atoms with van der Waals surface area (Å²) >= 11 is 1.42. The van der Waals surface area contributed by atoms with E-state index < -0.39 is 15.9 Å². The van der Waals surface area contributed by atoms with E-state index in [1.54, 1.807) is 13.0 Å². The van der Waals surface area contributed by atoms with E-state index in [1.165, 1.54) is 23.9 Å². The van der Waals surface area contributed by atoms with Crippen molar-refractivity contribution in [3.05, 3.63) is 55.6 Å². The standard InChI is InChI=1S/C17H22N2O5S/c1-11-5-6-13(14(9-11)19(22)23)18-16(21)12(10-25-8-7-20)15(24-18)17(2,3)4/h5-6,9,20H,7-8,10H2,1-4H3. The molecule has 0 spiro atoms. The summed E-state index contributed by atoms with van der Waals surface area (Å²) in [5.41, 5.74) is 0.308. The first-order valence-corrected chi connectivity index (χ1v) is 9.02. The van der Waals surface area contributed by atoms with Crippen molar-refractivity contribution in [2.75, 3.05) is 12.4 Å². The summed E-state index contributed by atoms with van der Waals surface area (Å²) in [7, 11) is 0. The SMILES string of the molecule is Cc1ccc(-n2oc(C(C)(C)C)c(CSCCO)c2=O)c([N+](=O)[O-])c1. The molecule has 0 aliphatic heterocycles. The Balaban J connectivity index is 2.64. The number of rotatable bonds is 6. The van der Waals surface area contributed by atoms with Gasteiger partial charge in [0, 0.05) is 23.0 Å². The molecule has 1 aromatic carbocycles. The molecular formula is C17H22N2O5S. The molecule has 0 fully saturated rings. The number of benzene rings is 1. The Bertz CT molecular complexity index is 833. The average molecular weight is 366 g/mol. The van der Waals surface area contributed by atoms with Crippen LogP contribution in [-0.2, 0) is 11.2 Å². The van der Waals surface area contributed by atoms with E-state index in [-0.39, 0.29) is 18.0 Å². The molecule has 0 saturated heterocycles. The smallest absolute Gasteiger partial charge is 0.296 e. The molecule has 2 rings (SSSR count). The molecule has 0 radical (unpaired) electrons. The number of aliphatic hydroxyl groups is 1. The largest absolute Gasteiger partial charge is 0.396 e. The Kier molecular flexibility index (Phi) is 5.74. The Morgan fingerprint density at radius 2 is 2.04 bits per heavy atom. The van der Waals surface area contributed by atoms with Crippen molar-refractivity contribution in [2.45, 2.75) is 38.9 Å². The molecule has 1 heterocycles. The summed E-state index contributed by atoms with van der Waals surface area (Å²) in [6, 6.07) is 4.64. The van der Waals surface area contributed by atoms with Crippen LogP contribution in [0.1, 0.15) is 37.7 Å². The highest BCUT2D eigenvalue weighted by Gasteiger charge is 2.29. The lowest BCUT2D eigenvalue weighted by atomic mass is 9.91. The molecule has 1 N–H and O–H groups in total. The maximum atomic E-state index is 12.9. The number of nitro benzene ring substituents is 1. The molecular weight excluding hydrogens is 344 g/mol. The first kappa shape index (κ1) is 19.3. The van der Waals surface area contributed by atoms with E-state index in [1.807, 2.05) is 20.8 Å². The molecule has 0 unspecified atom stereocenters. The van der Waals surface area contributed by atoms with Gasteiger partial charge in [-0.1, -0.05) is 26.8 Å². The Labute approximate surface area is 149 Å². The zero-order valence-corrected chi connectivity index (χ0v) is 15.6. The van der Waals surface area contributed by atoms with Gasteiger partial charge in [0.1, 0.15) is 5.76 Å². The van der Waals surface area contributed by atoms with E-state index >= 15 is 0 Å². The van der Waals surface area contributed by atoms with E-state index in [4.69, 9.17) is 9.63 Å². The van der Waals surface area contributed by atoms with E-state index in [0.29, 0.717) is 22.8 Å². The highest BCUT2D eigenvalue weighted by Crippen LogP contribution is 2.30. The van der Waals surface area contributed by atoms with Crippen molar-refractivity contribution in [3.8, 4) is 5.69 Å². The molecule has 0 atom stereocenters. The van der Waals surface area contributed by atoms with Gasteiger partial charge in [0.15, 0.2) is 5.69 Å². The number of thioether (sulfide) groups is 1. The summed E-state index contributed by atoms with van der Waals surface area (Å²) in [5, 5.41) is 20.3. The molecule has 1 aromatic heterocycles. The minimum atomic E-state index is -0.520. The van der Waals surface area contributed by atoms with Crippen LogP contribution in [0.3, 0.4) is 0 Å². The molecule has 136 valence electrons. The second-order valence-corrected chi connectivity index (χ2v) is 7.88. The normalized spacial score (nSPS) is 11.7. The predicted molar refractivity (Wildman–Crippen MR) is 97.6 cm³/mol. The van der Waals surface area contributed by atoms with Gasteiger partial charge in [0.25, 0.3) is 11.2 Å². The monoisotopic (exact) mass is 366 g/mol. The van der Waals surface area contributed by atoms with E-state index in [0.717, 1.165) is 10.3 Å². The van der Waals surface area contributed by atoms with Crippen molar-refractivity contribution in [2.24, 2.45) is 0 Å². The van der Waals surface area contributed by atoms with Gasteiger partial charge < -0.3 is 9.63 Å². The minimum Gasteiger partial charge on any atom is -0.396 e. The number of hydrogen-bond donors (Lipinski definition) is 1. The molecule has 8 heteroatoms. The average Bonchev–Trinajstić information content (AvgIpc) is 2.85. The van der Waals surface area contributed by atoms with Crippen LogP contribution in [0.5, 0.6) is 0 Å². The van der Waals surface area contributed by atoms with Gasteiger partial charge in [-0.3, -0.25) is 14.9 Å². The van der Waals surface area contributed by atoms with Crippen LogP contribution >= 0.6 is 11.8 Å². The van der Waals surface area contributed by atoms with Crippen LogP contribution in [0.4, 0.5) is 5.69 Å². The van der Waals surface area contributed by atoms with Gasteiger partial charge in [0.2, 0.25) is 0 Å². The maximum absolute atomic E-state index is 12.9. The number of aryl methyl sites for hydroxylation is 1. The molecule has 0 aliphatic rings. The maximum Gasteiger partial charge on any atom is 0.296 e. The Hall–Kier alpha value is -2.06. The molecule has 0 saturated carbocycles. The van der Waals surface area contributed by atoms with Crippen molar-refractivity contribution in [1.82, 2.24) is 4.74 Å². The van der Waals surface area contributed by atoms with Crippen molar-refractivity contribution >= 4 is 17.4 Å². The third-order valence-corrected chi connectivity index (χ3v) is 4.57. The summed E-state index contributed by atoms with van der Waals surface area (Å²) in [6.07, 6.45) is 0. The lowest BCUT2D eigenvalue weighted by Crippen LogP contribution is -2.18.